The number of aldehydes is 1. The first kappa shape index (κ1) is 15.4. The van der Waals surface area contributed by atoms with E-state index in [0.717, 1.165) is 18.6 Å². The van der Waals surface area contributed by atoms with Crippen LogP contribution in [0.4, 0.5) is 0 Å². The van der Waals surface area contributed by atoms with Gasteiger partial charge in [-0.15, -0.1) is 0 Å². The van der Waals surface area contributed by atoms with Crippen LogP contribution in [0, 0.1) is 5.92 Å². The second-order valence-corrected chi connectivity index (χ2v) is 6.06. The van der Waals surface area contributed by atoms with Crippen LogP contribution in [0.15, 0.2) is 18.2 Å². The first-order valence-corrected chi connectivity index (χ1v) is 8.05. The Morgan fingerprint density at radius 3 is 2.70 bits per heavy atom. The number of carbonyl (C=O) groups is 1. The molecular formula is C17H23ClO2. The number of carbonyl (C=O) groups excluding carboxylic acids is 1. The van der Waals surface area contributed by atoms with Gasteiger partial charge in [-0.2, -0.15) is 0 Å². The van der Waals surface area contributed by atoms with Crippen LogP contribution in [0.1, 0.15) is 61.7 Å². The van der Waals surface area contributed by atoms with Crippen LogP contribution in [0.3, 0.4) is 0 Å². The largest absolute Gasteiger partial charge is 0.492 e. The molecule has 0 unspecified atom stereocenters. The molecule has 1 aromatic rings. The Kier molecular flexibility index (Phi) is 6.38. The third kappa shape index (κ3) is 4.82. The highest BCUT2D eigenvalue weighted by Gasteiger charge is 2.12. The summed E-state index contributed by atoms with van der Waals surface area (Å²) in [5.41, 5.74) is 0.583. The second-order valence-electron chi connectivity index (χ2n) is 5.66. The van der Waals surface area contributed by atoms with Gasteiger partial charge in [0.2, 0.25) is 0 Å². The van der Waals surface area contributed by atoms with Gasteiger partial charge in [0.05, 0.1) is 11.6 Å². The summed E-state index contributed by atoms with van der Waals surface area (Å²) < 4.78 is 5.68. The molecule has 3 heteroatoms. The van der Waals surface area contributed by atoms with E-state index in [4.69, 9.17) is 16.3 Å². The summed E-state index contributed by atoms with van der Waals surface area (Å²) >= 11 is 6.06. The minimum Gasteiger partial charge on any atom is -0.492 e. The van der Waals surface area contributed by atoms with E-state index in [1.54, 1.807) is 18.2 Å². The number of hydrogen-bond donors (Lipinski definition) is 0. The highest BCUT2D eigenvalue weighted by molar-refractivity contribution is 6.32. The molecule has 2 rings (SSSR count). The minimum atomic E-state index is 0.516. The summed E-state index contributed by atoms with van der Waals surface area (Å²) in [5.74, 6) is 1.62. The zero-order chi connectivity index (χ0) is 14.2. The Balaban J connectivity index is 1.64. The lowest BCUT2D eigenvalue weighted by Gasteiger charge is -2.21. The normalized spacial score (nSPS) is 16.1. The van der Waals surface area contributed by atoms with E-state index in [-0.39, 0.29) is 0 Å². The van der Waals surface area contributed by atoms with E-state index in [1.807, 2.05) is 0 Å². The van der Waals surface area contributed by atoms with Crippen molar-refractivity contribution in [2.45, 2.75) is 51.4 Å². The smallest absolute Gasteiger partial charge is 0.150 e. The molecule has 0 bridgehead atoms. The maximum Gasteiger partial charge on any atom is 0.150 e. The van der Waals surface area contributed by atoms with Crippen molar-refractivity contribution in [2.24, 2.45) is 5.92 Å². The molecule has 1 saturated carbocycles. The molecule has 1 aromatic carbocycles. The van der Waals surface area contributed by atoms with Gasteiger partial charge in [-0.25, -0.2) is 0 Å². The fourth-order valence-electron chi connectivity index (χ4n) is 2.90. The third-order valence-electron chi connectivity index (χ3n) is 4.08. The van der Waals surface area contributed by atoms with E-state index in [9.17, 15) is 4.79 Å². The molecule has 20 heavy (non-hydrogen) atoms. The van der Waals surface area contributed by atoms with Gasteiger partial charge in [0.1, 0.15) is 12.0 Å². The lowest BCUT2D eigenvalue weighted by Crippen LogP contribution is -2.07. The van der Waals surface area contributed by atoms with Gasteiger partial charge < -0.3 is 4.74 Å². The first-order chi connectivity index (χ1) is 9.79. The van der Waals surface area contributed by atoms with E-state index in [2.05, 4.69) is 0 Å². The van der Waals surface area contributed by atoms with Gasteiger partial charge in [0.15, 0.2) is 0 Å². The summed E-state index contributed by atoms with van der Waals surface area (Å²) in [7, 11) is 0. The Morgan fingerprint density at radius 2 is 2.00 bits per heavy atom. The van der Waals surface area contributed by atoms with Crippen LogP contribution in [-0.4, -0.2) is 12.9 Å². The molecule has 1 aliphatic carbocycles. The molecule has 0 N–H and O–H groups in total. The Hall–Kier alpha value is -1.02. The predicted octanol–water partition coefficient (Wildman–Crippen LogP) is 5.28. The molecule has 1 aliphatic rings. The van der Waals surface area contributed by atoms with Crippen molar-refractivity contribution in [3.05, 3.63) is 28.8 Å². The van der Waals surface area contributed by atoms with E-state index >= 15 is 0 Å². The monoisotopic (exact) mass is 294 g/mol. The van der Waals surface area contributed by atoms with Crippen LogP contribution in [0.5, 0.6) is 5.75 Å². The lowest BCUT2D eigenvalue weighted by molar-refractivity contribution is 0.112. The molecule has 0 atom stereocenters. The predicted molar refractivity (Wildman–Crippen MR) is 82.8 cm³/mol. The highest BCUT2D eigenvalue weighted by Crippen LogP contribution is 2.28. The van der Waals surface area contributed by atoms with Crippen LogP contribution in [0.25, 0.3) is 0 Å². The zero-order valence-corrected chi connectivity index (χ0v) is 12.7. The SMILES string of the molecule is O=Cc1ccc(OCCCCC2CCCCC2)c(Cl)c1. The number of ether oxygens (including phenoxy) is 1. The van der Waals surface area contributed by atoms with Crippen LogP contribution in [-0.2, 0) is 0 Å². The topological polar surface area (TPSA) is 26.3 Å². The Bertz CT molecular complexity index is 425. The molecule has 0 aromatic heterocycles. The fraction of sp³-hybridized carbons (Fsp3) is 0.588. The van der Waals surface area contributed by atoms with Crippen molar-refractivity contribution in [3.8, 4) is 5.75 Å². The maximum absolute atomic E-state index is 10.6. The summed E-state index contributed by atoms with van der Waals surface area (Å²) in [6.45, 7) is 0.701. The summed E-state index contributed by atoms with van der Waals surface area (Å²) in [4.78, 5) is 10.6. The second kappa shape index (κ2) is 8.31. The van der Waals surface area contributed by atoms with Crippen molar-refractivity contribution in [2.75, 3.05) is 6.61 Å². The van der Waals surface area contributed by atoms with E-state index in [0.29, 0.717) is 22.9 Å². The van der Waals surface area contributed by atoms with E-state index in [1.165, 1.54) is 44.9 Å². The average Bonchev–Trinajstić information content (AvgIpc) is 2.49. The quantitative estimate of drug-likeness (QED) is 0.505. The first-order valence-electron chi connectivity index (χ1n) is 7.67. The summed E-state index contributed by atoms with van der Waals surface area (Å²) in [5, 5.41) is 0.516. The molecule has 0 spiro atoms. The number of rotatable bonds is 7. The van der Waals surface area contributed by atoms with Gasteiger partial charge in [-0.05, 0) is 37.0 Å². The molecule has 1 fully saturated rings. The van der Waals surface area contributed by atoms with Gasteiger partial charge in [-0.3, -0.25) is 4.79 Å². The Labute approximate surface area is 126 Å². The van der Waals surface area contributed by atoms with Crippen LogP contribution >= 0.6 is 11.6 Å². The van der Waals surface area contributed by atoms with Gasteiger partial charge in [0.25, 0.3) is 0 Å². The molecule has 0 aliphatic heterocycles. The van der Waals surface area contributed by atoms with Crippen LogP contribution < -0.4 is 4.74 Å². The van der Waals surface area contributed by atoms with Gasteiger partial charge in [-0.1, -0.05) is 50.1 Å². The standard InChI is InChI=1S/C17H23ClO2/c18-16-12-15(13-19)9-10-17(16)20-11-5-4-8-14-6-2-1-3-7-14/h9-10,12-14H,1-8,11H2. The molecule has 0 amide bonds. The van der Waals surface area contributed by atoms with Crippen molar-refractivity contribution in [1.29, 1.82) is 0 Å². The van der Waals surface area contributed by atoms with Crippen molar-refractivity contribution in [1.82, 2.24) is 0 Å². The lowest BCUT2D eigenvalue weighted by atomic mass is 9.86. The zero-order valence-electron chi connectivity index (χ0n) is 11.9. The number of halogens is 1. The number of unbranched alkanes of at least 4 members (excludes halogenated alkanes) is 1. The van der Waals surface area contributed by atoms with Crippen molar-refractivity contribution >= 4 is 17.9 Å². The fourth-order valence-corrected chi connectivity index (χ4v) is 3.14. The van der Waals surface area contributed by atoms with Crippen molar-refractivity contribution in [3.63, 3.8) is 0 Å². The highest BCUT2D eigenvalue weighted by atomic mass is 35.5. The van der Waals surface area contributed by atoms with Crippen molar-refractivity contribution < 1.29 is 9.53 Å². The Morgan fingerprint density at radius 1 is 1.20 bits per heavy atom. The molecular weight excluding hydrogens is 272 g/mol. The van der Waals surface area contributed by atoms with E-state index < -0.39 is 0 Å². The summed E-state index contributed by atoms with van der Waals surface area (Å²) in [6.07, 6.45) is 11.5. The van der Waals surface area contributed by atoms with Gasteiger partial charge in [0, 0.05) is 5.56 Å². The molecule has 0 heterocycles. The molecule has 0 radical (unpaired) electrons. The number of benzene rings is 1. The molecule has 0 saturated heterocycles. The maximum atomic E-state index is 10.6. The van der Waals surface area contributed by atoms with Crippen LogP contribution in [0.2, 0.25) is 5.02 Å². The molecule has 2 nitrogen and oxygen atoms in total. The van der Waals surface area contributed by atoms with Gasteiger partial charge >= 0.3 is 0 Å². The third-order valence-corrected chi connectivity index (χ3v) is 4.38. The molecule has 110 valence electrons. The number of hydrogen-bond acceptors (Lipinski definition) is 2. The average molecular weight is 295 g/mol. The minimum absolute atomic E-state index is 0.516. The summed E-state index contributed by atoms with van der Waals surface area (Å²) in [6, 6.07) is 5.15.